The summed E-state index contributed by atoms with van der Waals surface area (Å²) in [7, 11) is -3.92. The zero-order chi connectivity index (χ0) is 38.2. The van der Waals surface area contributed by atoms with E-state index >= 15 is 0 Å². The number of nitrogens with one attached hydrogen (secondary N) is 3. The molecule has 0 unspecified atom stereocenters. The topological polar surface area (TPSA) is 203 Å². The summed E-state index contributed by atoms with van der Waals surface area (Å²) in [5, 5.41) is 4.99. The van der Waals surface area contributed by atoms with Crippen molar-refractivity contribution in [3.63, 3.8) is 0 Å². The first kappa shape index (κ1) is 37.3. The minimum Gasteiger partial charge on any atom is -0.471 e. The van der Waals surface area contributed by atoms with E-state index in [0.29, 0.717) is 49.0 Å². The standard InChI is InChI=1S/C37H43FN8O7S/c1-3-26-34(43-31-25(38)11-9-13-27(31)41-26)53-23-16-30-33(48)44-37(36(50)45-54(51,52)24-14-15-24)17-22(37)10-7-5-4-6-8-12-28(35(49)46(30)20-23)42-32(47)29-19-39-21(2)18-40-29/h7,9-11,13,18-19,22-24,28,30H,3-6,8,12,14-17,20H2,1-2H3,(H,42,47)(H,44,48)(H,45,50)/t22-,23-,28+,30+,37-/m1/s1. The van der Waals surface area contributed by atoms with Crippen LogP contribution in [0.15, 0.2) is 42.7 Å². The van der Waals surface area contributed by atoms with Gasteiger partial charge >= 0.3 is 0 Å². The molecule has 0 spiro atoms. The van der Waals surface area contributed by atoms with E-state index in [9.17, 15) is 32.0 Å². The second-order valence-corrected chi connectivity index (χ2v) is 16.5. The van der Waals surface area contributed by atoms with Crippen LogP contribution in [-0.2, 0) is 30.8 Å². The number of amides is 4. The summed E-state index contributed by atoms with van der Waals surface area (Å²) in [6.07, 6.45) is 10.2. The van der Waals surface area contributed by atoms with Crippen molar-refractivity contribution >= 4 is 44.7 Å². The first-order valence-corrected chi connectivity index (χ1v) is 20.0. The summed E-state index contributed by atoms with van der Waals surface area (Å²) >= 11 is 0. The molecule has 4 heterocycles. The van der Waals surface area contributed by atoms with Crippen LogP contribution >= 0.6 is 0 Å². The van der Waals surface area contributed by atoms with E-state index in [-0.39, 0.29) is 42.9 Å². The fourth-order valence-electron chi connectivity index (χ4n) is 7.14. The molecule has 4 amide bonds. The van der Waals surface area contributed by atoms with Gasteiger partial charge < -0.3 is 20.3 Å². The summed E-state index contributed by atoms with van der Waals surface area (Å²) in [4.78, 5) is 74.5. The van der Waals surface area contributed by atoms with Crippen LogP contribution in [0.25, 0.3) is 11.0 Å². The number of para-hydroxylation sites is 1. The molecule has 0 bridgehead atoms. The van der Waals surface area contributed by atoms with Gasteiger partial charge in [0.25, 0.3) is 11.8 Å². The highest BCUT2D eigenvalue weighted by Gasteiger charge is 2.62. The summed E-state index contributed by atoms with van der Waals surface area (Å²) in [6.45, 7) is 3.47. The quantitative estimate of drug-likeness (QED) is 0.285. The van der Waals surface area contributed by atoms with Crippen molar-refractivity contribution in [2.75, 3.05) is 6.54 Å². The number of hydrogen-bond acceptors (Lipinski definition) is 11. The van der Waals surface area contributed by atoms with Gasteiger partial charge in [-0.3, -0.25) is 28.9 Å². The summed E-state index contributed by atoms with van der Waals surface area (Å²) in [6, 6.07) is 2.21. The normalized spacial score (nSPS) is 26.2. The Morgan fingerprint density at radius 1 is 1.09 bits per heavy atom. The lowest BCUT2D eigenvalue weighted by atomic mass is 10.0. The van der Waals surface area contributed by atoms with Gasteiger partial charge in [0.05, 0.1) is 29.2 Å². The van der Waals surface area contributed by atoms with E-state index in [1.165, 1.54) is 29.4 Å². The molecule has 2 saturated carbocycles. The van der Waals surface area contributed by atoms with Crippen LogP contribution < -0.4 is 20.1 Å². The van der Waals surface area contributed by atoms with Gasteiger partial charge in [-0.05, 0) is 64.0 Å². The predicted octanol–water partition coefficient (Wildman–Crippen LogP) is 2.58. The molecule has 5 atom stereocenters. The van der Waals surface area contributed by atoms with Crippen LogP contribution in [0.2, 0.25) is 0 Å². The number of ether oxygens (including phenoxy) is 1. The Kier molecular flexibility index (Phi) is 10.3. The molecule has 2 aliphatic carbocycles. The Hall–Kier alpha value is -5.06. The largest absolute Gasteiger partial charge is 0.471 e. The average Bonchev–Trinajstić information content (AvgIpc) is 4.07. The minimum atomic E-state index is -3.92. The molecule has 7 rings (SSSR count). The zero-order valence-corrected chi connectivity index (χ0v) is 30.9. The van der Waals surface area contributed by atoms with E-state index in [1.807, 2.05) is 19.1 Å². The highest BCUT2D eigenvalue weighted by atomic mass is 32.2. The Bertz CT molecular complexity index is 2110. The van der Waals surface area contributed by atoms with Gasteiger partial charge in [0, 0.05) is 18.5 Å². The van der Waals surface area contributed by atoms with Crippen LogP contribution in [0.4, 0.5) is 4.39 Å². The van der Waals surface area contributed by atoms with E-state index in [1.54, 1.807) is 13.0 Å². The number of halogens is 1. The fourth-order valence-corrected chi connectivity index (χ4v) is 8.50. The van der Waals surface area contributed by atoms with Gasteiger partial charge in [-0.2, -0.15) is 0 Å². The number of aromatic nitrogens is 4. The van der Waals surface area contributed by atoms with Crippen LogP contribution in [0.5, 0.6) is 5.88 Å². The number of rotatable bonds is 8. The predicted molar refractivity (Wildman–Crippen MR) is 193 cm³/mol. The maximum Gasteiger partial charge on any atom is 0.272 e. The molecule has 286 valence electrons. The highest BCUT2D eigenvalue weighted by molar-refractivity contribution is 7.91. The number of aryl methyl sites for hydroxylation is 2. The number of sulfonamides is 1. The Balaban J connectivity index is 1.21. The SMILES string of the molecule is CCc1nc2cccc(F)c2nc1O[C@@H]1C[C@H]2C(=O)N[C@]3(C(=O)NS(=O)(=O)C4CC4)C[C@H]3C=CCCCCC[C@H](NC(=O)c3cnc(C)cn3)C(=O)N2C1. The molecule has 54 heavy (non-hydrogen) atoms. The van der Waals surface area contributed by atoms with E-state index < -0.39 is 74.4 Å². The van der Waals surface area contributed by atoms with E-state index in [0.717, 1.165) is 12.8 Å². The van der Waals surface area contributed by atoms with Crippen molar-refractivity contribution in [2.24, 2.45) is 5.92 Å². The number of carbonyl (C=O) groups is 4. The smallest absolute Gasteiger partial charge is 0.272 e. The van der Waals surface area contributed by atoms with E-state index in [4.69, 9.17) is 4.74 Å². The minimum absolute atomic E-state index is 0.00952. The molecule has 1 aromatic carbocycles. The number of fused-ring (bicyclic) bond motifs is 3. The second-order valence-electron chi connectivity index (χ2n) is 14.5. The number of hydrogen-bond donors (Lipinski definition) is 3. The third-order valence-electron chi connectivity index (χ3n) is 10.5. The molecule has 2 aliphatic heterocycles. The van der Waals surface area contributed by atoms with Crippen LogP contribution in [0.1, 0.15) is 86.6 Å². The lowest BCUT2D eigenvalue weighted by Gasteiger charge is -2.29. The zero-order valence-electron chi connectivity index (χ0n) is 30.1. The number of benzene rings is 1. The van der Waals surface area contributed by atoms with Gasteiger partial charge in [-0.25, -0.2) is 27.8 Å². The molecule has 3 fully saturated rings. The van der Waals surface area contributed by atoms with Crippen molar-refractivity contribution in [1.82, 2.24) is 40.2 Å². The second kappa shape index (κ2) is 15.0. The van der Waals surface area contributed by atoms with Crippen LogP contribution in [0, 0.1) is 18.7 Å². The number of allylic oxidation sites excluding steroid dienone is 1. The fraction of sp³-hybridized carbons (Fsp3) is 0.514. The molecule has 17 heteroatoms. The first-order valence-electron chi connectivity index (χ1n) is 18.4. The van der Waals surface area contributed by atoms with Gasteiger partial charge in [0.1, 0.15) is 40.6 Å². The summed E-state index contributed by atoms with van der Waals surface area (Å²) in [5.74, 6) is -3.64. The van der Waals surface area contributed by atoms with Gasteiger partial charge in [-0.15, -0.1) is 0 Å². The van der Waals surface area contributed by atoms with E-state index in [2.05, 4.69) is 35.3 Å². The van der Waals surface area contributed by atoms with Crippen LogP contribution in [-0.4, -0.2) is 92.4 Å². The molecule has 3 aromatic rings. The molecule has 2 aromatic heterocycles. The molecule has 3 N–H and O–H groups in total. The van der Waals surface area contributed by atoms with Gasteiger partial charge in [0.15, 0.2) is 5.82 Å². The number of carbonyl (C=O) groups excluding carboxylic acids is 4. The van der Waals surface area contributed by atoms with Crippen molar-refractivity contribution < 1.29 is 36.7 Å². The molecule has 0 radical (unpaired) electrons. The third kappa shape index (κ3) is 7.77. The Morgan fingerprint density at radius 2 is 1.91 bits per heavy atom. The first-order chi connectivity index (χ1) is 25.9. The van der Waals surface area contributed by atoms with Crippen molar-refractivity contribution in [2.45, 2.75) is 107 Å². The molecule has 1 saturated heterocycles. The van der Waals surface area contributed by atoms with Crippen molar-refractivity contribution in [3.8, 4) is 5.88 Å². The maximum atomic E-state index is 14.8. The molecule has 15 nitrogen and oxygen atoms in total. The lowest BCUT2D eigenvalue weighted by molar-refractivity contribution is -0.141. The third-order valence-corrected chi connectivity index (χ3v) is 12.3. The monoisotopic (exact) mass is 762 g/mol. The molecule has 4 aliphatic rings. The van der Waals surface area contributed by atoms with Crippen molar-refractivity contribution in [3.05, 3.63) is 65.6 Å². The summed E-state index contributed by atoms with van der Waals surface area (Å²) < 4.78 is 48.9. The highest BCUT2D eigenvalue weighted by Crippen LogP contribution is 2.46. The molecular formula is C37H43FN8O7S. The Labute approximate surface area is 312 Å². The Morgan fingerprint density at radius 3 is 2.65 bits per heavy atom. The summed E-state index contributed by atoms with van der Waals surface area (Å²) in [5.41, 5.74) is -0.0905. The van der Waals surface area contributed by atoms with Crippen LogP contribution in [0.3, 0.4) is 0 Å². The number of nitrogens with zero attached hydrogens (tertiary/aromatic N) is 5. The average molecular weight is 763 g/mol. The van der Waals surface area contributed by atoms with Crippen molar-refractivity contribution in [1.29, 1.82) is 0 Å². The lowest BCUT2D eigenvalue weighted by Crippen LogP contribution is -2.58. The maximum absolute atomic E-state index is 14.8. The molecular weight excluding hydrogens is 720 g/mol. The van der Waals surface area contributed by atoms with Gasteiger partial charge in [-0.1, -0.05) is 38.0 Å². The van der Waals surface area contributed by atoms with Gasteiger partial charge in [0.2, 0.25) is 27.7 Å².